The highest BCUT2D eigenvalue weighted by Crippen LogP contribution is 1.65. The Morgan fingerprint density at radius 3 is 1.50 bits per heavy atom. The van der Waals surface area contributed by atoms with Gasteiger partial charge in [-0.25, -0.2) is 4.79 Å². The van der Waals surface area contributed by atoms with Gasteiger partial charge in [0.15, 0.2) is 0 Å². The zero-order valence-electron chi connectivity index (χ0n) is 6.66. The molecule has 0 fully saturated rings. The van der Waals surface area contributed by atoms with Crippen molar-refractivity contribution >= 4 is 5.97 Å². The minimum absolute atomic E-state index is 0.891. The van der Waals surface area contributed by atoms with Crippen molar-refractivity contribution in [3.05, 3.63) is 24.3 Å². The third-order valence-corrected chi connectivity index (χ3v) is 0.643. The zero-order chi connectivity index (χ0) is 8.41. The minimum atomic E-state index is -0.891. The van der Waals surface area contributed by atoms with Crippen molar-refractivity contribution < 1.29 is 9.90 Å². The molecule has 0 amide bonds. The number of hydrogen-bond donors (Lipinski definition) is 1. The molecule has 0 bridgehead atoms. The third-order valence-electron chi connectivity index (χ3n) is 0.643. The molecule has 0 unspecified atom stereocenters. The number of carboxylic acid groups (broad SMARTS) is 1. The largest absolute Gasteiger partial charge is 0.478 e. The van der Waals surface area contributed by atoms with Crippen LogP contribution in [0.15, 0.2) is 24.3 Å². The molecule has 0 heterocycles. The molecule has 0 saturated heterocycles. The summed E-state index contributed by atoms with van der Waals surface area (Å²) in [5.74, 6) is -0.891. The van der Waals surface area contributed by atoms with Crippen LogP contribution < -0.4 is 0 Å². The van der Waals surface area contributed by atoms with E-state index < -0.39 is 5.97 Å². The molecule has 10 heavy (non-hydrogen) atoms. The smallest absolute Gasteiger partial charge is 0.327 e. The quantitative estimate of drug-likeness (QED) is 0.450. The van der Waals surface area contributed by atoms with E-state index >= 15 is 0 Å². The van der Waals surface area contributed by atoms with E-state index in [4.69, 9.17) is 5.11 Å². The second-order valence-electron chi connectivity index (χ2n) is 1.50. The molecule has 0 aromatic heterocycles. The lowest BCUT2D eigenvalue weighted by Gasteiger charge is -1.68. The van der Waals surface area contributed by atoms with E-state index in [2.05, 4.69) is 0 Å². The van der Waals surface area contributed by atoms with E-state index in [0.29, 0.717) is 0 Å². The molecular weight excluding hydrogens is 128 g/mol. The molecule has 58 valence electrons. The fraction of sp³-hybridized carbons (Fsp3) is 0.375. The highest BCUT2D eigenvalue weighted by molar-refractivity contribution is 5.79. The Morgan fingerprint density at radius 2 is 1.50 bits per heavy atom. The van der Waals surface area contributed by atoms with Crippen LogP contribution in [-0.2, 0) is 4.79 Å². The number of carboxylic acids is 1. The van der Waals surface area contributed by atoms with Gasteiger partial charge in [0.2, 0.25) is 0 Å². The van der Waals surface area contributed by atoms with Gasteiger partial charge in [0.05, 0.1) is 0 Å². The topological polar surface area (TPSA) is 37.3 Å². The summed E-state index contributed by atoms with van der Waals surface area (Å²) in [5, 5.41) is 7.83. The van der Waals surface area contributed by atoms with Gasteiger partial charge in [-0.05, 0) is 20.8 Å². The summed E-state index contributed by atoms with van der Waals surface area (Å²) in [6.45, 7) is 5.66. The van der Waals surface area contributed by atoms with E-state index in [9.17, 15) is 4.79 Å². The van der Waals surface area contributed by atoms with Gasteiger partial charge in [0.25, 0.3) is 0 Å². The second kappa shape index (κ2) is 10.8. The van der Waals surface area contributed by atoms with Gasteiger partial charge in [0.1, 0.15) is 0 Å². The monoisotopic (exact) mass is 142 g/mol. The van der Waals surface area contributed by atoms with Crippen LogP contribution in [0.3, 0.4) is 0 Å². The SMILES string of the molecule is CC=CC.CC=CC(=O)O. The molecule has 0 aromatic carbocycles. The average molecular weight is 142 g/mol. The average Bonchev–Trinajstić information content (AvgIpc) is 1.89. The normalized spacial score (nSPS) is 9.50. The molecule has 0 rings (SSSR count). The van der Waals surface area contributed by atoms with E-state index in [-0.39, 0.29) is 0 Å². The molecular formula is C8H14O2. The van der Waals surface area contributed by atoms with Gasteiger partial charge in [0, 0.05) is 6.08 Å². The molecule has 1 N–H and O–H groups in total. The number of aliphatic carboxylic acids is 1. The standard InChI is InChI=1S/C4H6O2.C4H8/c1-2-3-4(5)6;1-3-4-2/h2-3H,1H3,(H,5,6);3-4H,1-2H3. The van der Waals surface area contributed by atoms with Gasteiger partial charge in [-0.2, -0.15) is 0 Å². The Labute approximate surface area is 61.9 Å². The van der Waals surface area contributed by atoms with Crippen LogP contribution in [-0.4, -0.2) is 11.1 Å². The Hall–Kier alpha value is -1.05. The first-order valence-electron chi connectivity index (χ1n) is 3.12. The molecule has 0 aromatic rings. The van der Waals surface area contributed by atoms with Crippen molar-refractivity contribution in [2.45, 2.75) is 20.8 Å². The van der Waals surface area contributed by atoms with Crippen molar-refractivity contribution in [3.8, 4) is 0 Å². The predicted molar refractivity (Wildman–Crippen MR) is 42.9 cm³/mol. The second-order valence-corrected chi connectivity index (χ2v) is 1.50. The van der Waals surface area contributed by atoms with Gasteiger partial charge in [-0.15, -0.1) is 0 Å². The van der Waals surface area contributed by atoms with Gasteiger partial charge in [-0.3, -0.25) is 0 Å². The minimum Gasteiger partial charge on any atom is -0.478 e. The lowest BCUT2D eigenvalue weighted by atomic mass is 10.5. The van der Waals surface area contributed by atoms with Crippen LogP contribution in [0.1, 0.15) is 20.8 Å². The van der Waals surface area contributed by atoms with E-state index in [1.165, 1.54) is 6.08 Å². The Kier molecular flexibility index (Phi) is 12.7. The van der Waals surface area contributed by atoms with Crippen molar-refractivity contribution in [1.29, 1.82) is 0 Å². The summed E-state index contributed by atoms with van der Waals surface area (Å²) in [7, 11) is 0. The maximum absolute atomic E-state index is 9.51. The maximum atomic E-state index is 9.51. The number of carbonyl (C=O) groups is 1. The molecule has 0 aliphatic heterocycles. The van der Waals surface area contributed by atoms with Gasteiger partial charge in [-0.1, -0.05) is 18.2 Å². The van der Waals surface area contributed by atoms with Crippen molar-refractivity contribution in [2.75, 3.05) is 0 Å². The number of rotatable bonds is 1. The lowest BCUT2D eigenvalue weighted by Crippen LogP contribution is -1.83. The fourth-order valence-corrected chi connectivity index (χ4v) is 0.143. The maximum Gasteiger partial charge on any atom is 0.327 e. The van der Waals surface area contributed by atoms with Crippen LogP contribution in [0.5, 0.6) is 0 Å². The van der Waals surface area contributed by atoms with Crippen LogP contribution >= 0.6 is 0 Å². The summed E-state index contributed by atoms with van der Waals surface area (Å²) in [5.41, 5.74) is 0. The molecule has 0 radical (unpaired) electrons. The van der Waals surface area contributed by atoms with E-state index in [1.54, 1.807) is 6.92 Å². The zero-order valence-corrected chi connectivity index (χ0v) is 6.66. The van der Waals surface area contributed by atoms with Crippen LogP contribution in [0, 0.1) is 0 Å². The first-order valence-corrected chi connectivity index (χ1v) is 3.12. The summed E-state index contributed by atoms with van der Waals surface area (Å²) in [4.78, 5) is 9.51. The van der Waals surface area contributed by atoms with Crippen LogP contribution in [0.2, 0.25) is 0 Å². The lowest BCUT2D eigenvalue weighted by molar-refractivity contribution is -0.131. The molecule has 2 heteroatoms. The summed E-state index contributed by atoms with van der Waals surface area (Å²) >= 11 is 0. The van der Waals surface area contributed by atoms with E-state index in [1.807, 2.05) is 26.0 Å². The Morgan fingerprint density at radius 1 is 1.10 bits per heavy atom. The van der Waals surface area contributed by atoms with Crippen molar-refractivity contribution in [3.63, 3.8) is 0 Å². The van der Waals surface area contributed by atoms with Gasteiger partial charge >= 0.3 is 5.97 Å². The van der Waals surface area contributed by atoms with Crippen LogP contribution in [0.4, 0.5) is 0 Å². The third kappa shape index (κ3) is 28.3. The van der Waals surface area contributed by atoms with Crippen LogP contribution in [0.25, 0.3) is 0 Å². The van der Waals surface area contributed by atoms with Crippen molar-refractivity contribution in [1.82, 2.24) is 0 Å². The number of allylic oxidation sites excluding steroid dienone is 3. The predicted octanol–water partition coefficient (Wildman–Crippen LogP) is 2.23. The molecule has 0 atom stereocenters. The van der Waals surface area contributed by atoms with Gasteiger partial charge < -0.3 is 5.11 Å². The Bertz CT molecular complexity index is 119. The molecule has 0 aliphatic rings. The summed E-state index contributed by atoms with van der Waals surface area (Å²) in [6, 6.07) is 0. The summed E-state index contributed by atoms with van der Waals surface area (Å²) in [6.07, 6.45) is 6.56. The molecule has 0 saturated carbocycles. The number of hydrogen-bond acceptors (Lipinski definition) is 1. The molecule has 0 aliphatic carbocycles. The van der Waals surface area contributed by atoms with Crippen molar-refractivity contribution in [2.24, 2.45) is 0 Å². The summed E-state index contributed by atoms with van der Waals surface area (Å²) < 4.78 is 0. The first-order chi connectivity index (χ1) is 4.68. The van der Waals surface area contributed by atoms with E-state index in [0.717, 1.165) is 6.08 Å². The highest BCUT2D eigenvalue weighted by atomic mass is 16.4. The highest BCUT2D eigenvalue weighted by Gasteiger charge is 1.76. The molecule has 2 nitrogen and oxygen atoms in total. The fourth-order valence-electron chi connectivity index (χ4n) is 0.143. The molecule has 0 spiro atoms. The first kappa shape index (κ1) is 11.7. The Balaban J connectivity index is 0.